The van der Waals surface area contributed by atoms with Gasteiger partial charge in [0.25, 0.3) is 5.91 Å². The van der Waals surface area contributed by atoms with Crippen molar-refractivity contribution in [2.45, 2.75) is 11.8 Å². The van der Waals surface area contributed by atoms with Crippen molar-refractivity contribution >= 4 is 33.0 Å². The maximum Gasteiger partial charge on any atom is 0.265 e. The number of hydrogen-bond acceptors (Lipinski definition) is 5. The second-order valence-corrected chi connectivity index (χ2v) is 8.64. The summed E-state index contributed by atoms with van der Waals surface area (Å²) >= 11 is 1.07. The van der Waals surface area contributed by atoms with Gasteiger partial charge in [-0.3, -0.25) is 4.79 Å². The SMILES string of the molecule is Cc1sc(C(=O)Nc2ccccc2F)cc1S(=O)(=O)N1CCOCC1. The van der Waals surface area contributed by atoms with Gasteiger partial charge in [-0.25, -0.2) is 12.8 Å². The summed E-state index contributed by atoms with van der Waals surface area (Å²) in [7, 11) is -3.68. The van der Waals surface area contributed by atoms with Crippen molar-refractivity contribution < 1.29 is 22.3 Å². The Bertz CT molecular complexity index is 889. The average Bonchev–Trinajstić information content (AvgIpc) is 3.00. The highest BCUT2D eigenvalue weighted by Gasteiger charge is 2.30. The molecule has 1 aliphatic rings. The molecule has 25 heavy (non-hydrogen) atoms. The van der Waals surface area contributed by atoms with E-state index in [0.717, 1.165) is 11.3 Å². The van der Waals surface area contributed by atoms with E-state index in [-0.39, 0.29) is 28.5 Å². The van der Waals surface area contributed by atoms with Gasteiger partial charge in [-0.2, -0.15) is 4.31 Å². The molecule has 0 aliphatic carbocycles. The molecule has 6 nitrogen and oxygen atoms in total. The zero-order valence-electron chi connectivity index (χ0n) is 13.5. The Balaban J connectivity index is 1.84. The van der Waals surface area contributed by atoms with E-state index in [1.165, 1.54) is 28.6 Å². The maximum absolute atomic E-state index is 13.7. The van der Waals surface area contributed by atoms with Crippen LogP contribution in [0.4, 0.5) is 10.1 Å². The number of para-hydroxylation sites is 1. The number of carbonyl (C=O) groups excluding carboxylic acids is 1. The molecule has 0 spiro atoms. The van der Waals surface area contributed by atoms with E-state index in [1.807, 2.05) is 0 Å². The number of aryl methyl sites for hydroxylation is 1. The van der Waals surface area contributed by atoms with Crippen molar-refractivity contribution in [1.29, 1.82) is 0 Å². The van der Waals surface area contributed by atoms with Crippen molar-refractivity contribution in [3.8, 4) is 0 Å². The summed E-state index contributed by atoms with van der Waals surface area (Å²) < 4.78 is 45.7. The van der Waals surface area contributed by atoms with Crippen LogP contribution in [0.5, 0.6) is 0 Å². The minimum atomic E-state index is -3.68. The Hall–Kier alpha value is -1.81. The number of ether oxygens (including phenoxy) is 1. The van der Waals surface area contributed by atoms with Gasteiger partial charge in [0.15, 0.2) is 0 Å². The van der Waals surface area contributed by atoms with E-state index in [4.69, 9.17) is 4.74 Å². The number of thiophene rings is 1. The number of nitrogens with one attached hydrogen (secondary N) is 1. The molecule has 1 aromatic carbocycles. The van der Waals surface area contributed by atoms with Crippen LogP contribution in [0.25, 0.3) is 0 Å². The number of carbonyl (C=O) groups is 1. The molecule has 1 aliphatic heterocycles. The molecular weight excluding hydrogens is 367 g/mol. The molecule has 0 unspecified atom stereocenters. The van der Waals surface area contributed by atoms with Gasteiger partial charge in [0.05, 0.1) is 28.7 Å². The normalized spacial score (nSPS) is 15.9. The summed E-state index contributed by atoms with van der Waals surface area (Å²) in [6.07, 6.45) is 0. The van der Waals surface area contributed by atoms with Gasteiger partial charge in [0, 0.05) is 18.0 Å². The first kappa shape index (κ1) is 18.0. The standard InChI is InChI=1S/C16H17FN2O4S2/c1-11-15(25(21,22)19-6-8-23-9-7-19)10-14(24-11)16(20)18-13-5-3-2-4-12(13)17/h2-5,10H,6-9H2,1H3,(H,18,20). The largest absolute Gasteiger partial charge is 0.379 e. The molecule has 1 fully saturated rings. The number of benzene rings is 1. The number of amides is 1. The predicted molar refractivity (Wildman–Crippen MR) is 93.0 cm³/mol. The fourth-order valence-corrected chi connectivity index (χ4v) is 5.37. The summed E-state index contributed by atoms with van der Waals surface area (Å²) in [5, 5.41) is 2.47. The van der Waals surface area contributed by atoms with Crippen molar-refractivity contribution in [2.24, 2.45) is 0 Å². The number of nitrogens with zero attached hydrogens (tertiary/aromatic N) is 1. The summed E-state index contributed by atoms with van der Waals surface area (Å²) in [5.41, 5.74) is 0.0520. The fourth-order valence-electron chi connectivity index (χ4n) is 2.51. The van der Waals surface area contributed by atoms with Crippen molar-refractivity contribution in [3.05, 3.63) is 45.9 Å². The van der Waals surface area contributed by atoms with Crippen LogP contribution >= 0.6 is 11.3 Å². The van der Waals surface area contributed by atoms with E-state index < -0.39 is 21.7 Å². The third-order valence-corrected chi connectivity index (χ3v) is 7.01. The van der Waals surface area contributed by atoms with Gasteiger partial charge >= 0.3 is 0 Å². The predicted octanol–water partition coefficient (Wildman–Crippen LogP) is 2.47. The zero-order valence-corrected chi connectivity index (χ0v) is 15.1. The summed E-state index contributed by atoms with van der Waals surface area (Å²) in [6.45, 7) is 2.92. The third-order valence-electron chi connectivity index (χ3n) is 3.81. The van der Waals surface area contributed by atoms with E-state index in [2.05, 4.69) is 5.32 Å². The number of morpholine rings is 1. The lowest BCUT2D eigenvalue weighted by molar-refractivity contribution is 0.0730. The number of rotatable bonds is 4. The lowest BCUT2D eigenvalue weighted by atomic mass is 10.3. The second kappa shape index (κ2) is 7.20. The monoisotopic (exact) mass is 384 g/mol. The maximum atomic E-state index is 13.7. The Kier molecular flexibility index (Phi) is 5.19. The van der Waals surface area contributed by atoms with Crippen LogP contribution in [0, 0.1) is 12.7 Å². The van der Waals surface area contributed by atoms with Crippen LogP contribution in [-0.4, -0.2) is 44.9 Å². The quantitative estimate of drug-likeness (QED) is 0.879. The van der Waals surface area contributed by atoms with Crippen LogP contribution in [0.15, 0.2) is 35.2 Å². The summed E-state index contributed by atoms with van der Waals surface area (Å²) in [6, 6.07) is 7.16. The van der Waals surface area contributed by atoms with Crippen LogP contribution in [0.2, 0.25) is 0 Å². The van der Waals surface area contributed by atoms with Crippen LogP contribution < -0.4 is 5.32 Å². The smallest absolute Gasteiger partial charge is 0.265 e. The summed E-state index contributed by atoms with van der Waals surface area (Å²) in [4.78, 5) is 13.2. The highest BCUT2D eigenvalue weighted by atomic mass is 32.2. The molecule has 0 bridgehead atoms. The molecule has 2 aromatic rings. The molecule has 3 rings (SSSR count). The first-order valence-corrected chi connectivity index (χ1v) is 9.89. The highest BCUT2D eigenvalue weighted by Crippen LogP contribution is 2.29. The number of hydrogen-bond donors (Lipinski definition) is 1. The molecule has 0 saturated carbocycles. The molecule has 1 amide bonds. The van der Waals surface area contributed by atoms with Crippen LogP contribution in [0.1, 0.15) is 14.5 Å². The van der Waals surface area contributed by atoms with Crippen LogP contribution in [-0.2, 0) is 14.8 Å². The Morgan fingerprint density at radius 1 is 1.28 bits per heavy atom. The van der Waals surface area contributed by atoms with Gasteiger partial charge in [0.2, 0.25) is 10.0 Å². The van der Waals surface area contributed by atoms with Gasteiger partial charge in [-0.1, -0.05) is 12.1 Å². The topological polar surface area (TPSA) is 75.7 Å². The Labute approximate surface area is 149 Å². The van der Waals surface area contributed by atoms with E-state index in [0.29, 0.717) is 18.1 Å². The number of sulfonamides is 1. The molecular formula is C16H17FN2O4S2. The van der Waals surface area contributed by atoms with Gasteiger partial charge in [-0.15, -0.1) is 11.3 Å². The average molecular weight is 384 g/mol. The zero-order chi connectivity index (χ0) is 18.0. The minimum Gasteiger partial charge on any atom is -0.379 e. The van der Waals surface area contributed by atoms with Gasteiger partial charge < -0.3 is 10.1 Å². The molecule has 1 saturated heterocycles. The van der Waals surface area contributed by atoms with E-state index >= 15 is 0 Å². The Morgan fingerprint density at radius 2 is 1.96 bits per heavy atom. The van der Waals surface area contributed by atoms with Crippen molar-refractivity contribution in [2.75, 3.05) is 31.6 Å². The first-order valence-electron chi connectivity index (χ1n) is 7.64. The van der Waals surface area contributed by atoms with Crippen LogP contribution in [0.3, 0.4) is 0 Å². The lowest BCUT2D eigenvalue weighted by Crippen LogP contribution is -2.40. The molecule has 9 heteroatoms. The molecule has 0 radical (unpaired) electrons. The molecule has 134 valence electrons. The fraction of sp³-hybridized carbons (Fsp3) is 0.312. The van der Waals surface area contributed by atoms with Crippen molar-refractivity contribution in [3.63, 3.8) is 0 Å². The third kappa shape index (κ3) is 3.74. The lowest BCUT2D eigenvalue weighted by Gasteiger charge is -2.25. The number of halogens is 1. The molecule has 2 heterocycles. The van der Waals surface area contributed by atoms with E-state index in [9.17, 15) is 17.6 Å². The van der Waals surface area contributed by atoms with Gasteiger partial charge in [0.1, 0.15) is 5.82 Å². The Morgan fingerprint density at radius 3 is 2.64 bits per heavy atom. The number of anilines is 1. The molecule has 1 aromatic heterocycles. The second-order valence-electron chi connectivity index (χ2n) is 5.48. The first-order chi connectivity index (χ1) is 11.9. The molecule has 1 N–H and O–H groups in total. The van der Waals surface area contributed by atoms with Crippen molar-refractivity contribution in [1.82, 2.24) is 4.31 Å². The van der Waals surface area contributed by atoms with Gasteiger partial charge in [-0.05, 0) is 25.1 Å². The summed E-state index contributed by atoms with van der Waals surface area (Å²) in [5.74, 6) is -1.09. The van der Waals surface area contributed by atoms with E-state index in [1.54, 1.807) is 13.0 Å². The molecule has 0 atom stereocenters. The minimum absolute atomic E-state index is 0.0520. The highest BCUT2D eigenvalue weighted by molar-refractivity contribution is 7.89.